The third kappa shape index (κ3) is 7.94. The van der Waals surface area contributed by atoms with Gasteiger partial charge < -0.3 is 9.64 Å². The second-order valence-corrected chi connectivity index (χ2v) is 7.76. The van der Waals surface area contributed by atoms with E-state index in [4.69, 9.17) is 4.74 Å². The maximum atomic E-state index is 12.2. The van der Waals surface area contributed by atoms with Crippen LogP contribution in [0.2, 0.25) is 0 Å². The molecular weight excluding hydrogens is 349 g/mol. The number of aromatic nitrogens is 1. The number of fused-ring (bicyclic) bond motifs is 1. The van der Waals surface area contributed by atoms with Crippen molar-refractivity contribution in [3.8, 4) is 5.19 Å². The predicted octanol–water partition coefficient (Wildman–Crippen LogP) is 5.24. The van der Waals surface area contributed by atoms with Gasteiger partial charge in [-0.3, -0.25) is 0 Å². The van der Waals surface area contributed by atoms with Crippen LogP contribution in [0.15, 0.2) is 0 Å². The van der Waals surface area contributed by atoms with Crippen molar-refractivity contribution in [2.24, 2.45) is 0 Å². The zero-order valence-electron chi connectivity index (χ0n) is 15.0. The van der Waals surface area contributed by atoms with Gasteiger partial charge in [-0.05, 0) is 19.4 Å². The molecule has 144 valence electrons. The van der Waals surface area contributed by atoms with Gasteiger partial charge >= 0.3 is 6.18 Å². The largest absolute Gasteiger partial charge is 0.460 e. The average Bonchev–Trinajstić information content (AvgIpc) is 2.86. The molecule has 0 unspecified atom stereocenters. The van der Waals surface area contributed by atoms with Crippen LogP contribution < -0.4 is 4.74 Å². The zero-order valence-corrected chi connectivity index (χ0v) is 15.9. The van der Waals surface area contributed by atoms with Crippen molar-refractivity contribution in [1.82, 2.24) is 9.88 Å². The number of ether oxygens (including phenoxy) is 1. The third-order valence-corrected chi connectivity index (χ3v) is 5.59. The predicted molar refractivity (Wildman–Crippen MR) is 95.5 cm³/mol. The summed E-state index contributed by atoms with van der Waals surface area (Å²) in [5.74, 6) is 0. The fraction of sp³-hybridized carbons (Fsp3) is 0.833. The van der Waals surface area contributed by atoms with Crippen LogP contribution in [-0.4, -0.2) is 42.3 Å². The monoisotopic (exact) mass is 378 g/mol. The Morgan fingerprint density at radius 1 is 1.04 bits per heavy atom. The molecule has 1 aromatic rings. The van der Waals surface area contributed by atoms with E-state index >= 15 is 0 Å². The topological polar surface area (TPSA) is 25.4 Å². The van der Waals surface area contributed by atoms with Crippen molar-refractivity contribution < 1.29 is 17.9 Å². The lowest BCUT2D eigenvalue weighted by Gasteiger charge is -2.19. The highest BCUT2D eigenvalue weighted by atomic mass is 32.1. The first-order chi connectivity index (χ1) is 12.0. The summed E-state index contributed by atoms with van der Waals surface area (Å²) in [4.78, 5) is 7.79. The van der Waals surface area contributed by atoms with E-state index in [0.717, 1.165) is 43.0 Å². The molecule has 1 aliphatic heterocycles. The molecule has 0 aliphatic carbocycles. The molecule has 0 saturated carbocycles. The molecular formula is C18H29F3N2OS. The normalized spacial score (nSPS) is 15.8. The van der Waals surface area contributed by atoms with Crippen LogP contribution in [0.5, 0.6) is 5.19 Å². The number of hydrogen-bond acceptors (Lipinski definition) is 4. The van der Waals surface area contributed by atoms with Crippen molar-refractivity contribution in [2.45, 2.75) is 70.9 Å². The summed E-state index contributed by atoms with van der Waals surface area (Å²) in [7, 11) is 0. The molecule has 0 atom stereocenters. The van der Waals surface area contributed by atoms with Crippen LogP contribution in [0.1, 0.15) is 62.4 Å². The summed E-state index contributed by atoms with van der Waals surface area (Å²) in [6.07, 6.45) is 6.52. The fourth-order valence-electron chi connectivity index (χ4n) is 3.11. The van der Waals surface area contributed by atoms with Gasteiger partial charge in [-0.25, -0.2) is 4.98 Å². The van der Waals surface area contributed by atoms with Crippen molar-refractivity contribution >= 4 is 11.3 Å². The average molecular weight is 379 g/mol. The summed E-state index contributed by atoms with van der Waals surface area (Å²) in [6, 6.07) is 0. The Morgan fingerprint density at radius 3 is 2.44 bits per heavy atom. The van der Waals surface area contributed by atoms with Gasteiger partial charge in [0.05, 0.1) is 5.69 Å². The van der Waals surface area contributed by atoms with E-state index in [1.54, 1.807) is 0 Å². The molecule has 2 heterocycles. The van der Waals surface area contributed by atoms with Crippen LogP contribution in [-0.2, 0) is 12.8 Å². The lowest BCUT2D eigenvalue weighted by atomic mass is 10.1. The summed E-state index contributed by atoms with van der Waals surface area (Å²) in [5.41, 5.74) is 0.921. The molecule has 0 radical (unpaired) electrons. The fourth-order valence-corrected chi connectivity index (χ4v) is 4.05. The highest BCUT2D eigenvalue weighted by molar-refractivity contribution is 7.13. The number of alkyl halides is 3. The molecule has 7 heteroatoms. The van der Waals surface area contributed by atoms with Gasteiger partial charge in [0, 0.05) is 24.4 Å². The van der Waals surface area contributed by atoms with E-state index in [1.807, 2.05) is 0 Å². The van der Waals surface area contributed by atoms with Crippen LogP contribution in [0.4, 0.5) is 13.2 Å². The Morgan fingerprint density at radius 2 is 1.72 bits per heavy atom. The number of halogens is 3. The molecule has 0 fully saturated rings. The molecule has 2 rings (SSSR count). The number of rotatable bonds is 10. The van der Waals surface area contributed by atoms with Crippen LogP contribution >= 0.6 is 11.3 Å². The first kappa shape index (κ1) is 20.5. The van der Waals surface area contributed by atoms with Crippen LogP contribution in [0.25, 0.3) is 0 Å². The Hall–Kier alpha value is -0.820. The standard InChI is InChI=1S/C18H29F3N2OS/c1-2-3-4-5-6-7-8-11-23-12-9-15-16(10-13-23)25-17(22-15)24-14-18(19,20)21/h2-14H2,1H3. The molecule has 0 spiro atoms. The number of unbranched alkanes of at least 4 members (excludes halogenated alkanes) is 6. The molecule has 0 N–H and O–H groups in total. The second kappa shape index (κ2) is 10.4. The Balaban J connectivity index is 1.66. The molecule has 1 aliphatic rings. The van der Waals surface area contributed by atoms with Gasteiger partial charge in [-0.1, -0.05) is 56.8 Å². The zero-order chi connectivity index (χ0) is 18.1. The lowest BCUT2D eigenvalue weighted by molar-refractivity contribution is -0.153. The SMILES string of the molecule is CCCCCCCCCN1CCc2nc(OCC(F)(F)F)sc2CC1. The summed E-state index contributed by atoms with van der Waals surface area (Å²) in [5, 5.41) is 0.155. The van der Waals surface area contributed by atoms with Gasteiger partial charge in [0.1, 0.15) is 0 Å². The van der Waals surface area contributed by atoms with E-state index < -0.39 is 12.8 Å². The van der Waals surface area contributed by atoms with E-state index in [-0.39, 0.29) is 5.19 Å². The third-order valence-electron chi connectivity index (χ3n) is 4.52. The number of nitrogens with zero attached hydrogens (tertiary/aromatic N) is 2. The van der Waals surface area contributed by atoms with E-state index in [2.05, 4.69) is 16.8 Å². The van der Waals surface area contributed by atoms with Crippen molar-refractivity contribution in [3.05, 3.63) is 10.6 Å². The molecule has 1 aromatic heterocycles. The number of thiazole rings is 1. The van der Waals surface area contributed by atoms with Gasteiger partial charge in [-0.15, -0.1) is 0 Å². The summed E-state index contributed by atoms with van der Waals surface area (Å²) >= 11 is 1.27. The van der Waals surface area contributed by atoms with E-state index in [1.165, 1.54) is 56.3 Å². The van der Waals surface area contributed by atoms with E-state index in [0.29, 0.717) is 0 Å². The van der Waals surface area contributed by atoms with Crippen molar-refractivity contribution in [1.29, 1.82) is 0 Å². The molecule has 0 amide bonds. The van der Waals surface area contributed by atoms with Gasteiger partial charge in [0.15, 0.2) is 6.61 Å². The Bertz CT molecular complexity index is 480. The lowest BCUT2D eigenvalue weighted by Crippen LogP contribution is -2.27. The minimum absolute atomic E-state index is 0.155. The van der Waals surface area contributed by atoms with E-state index in [9.17, 15) is 13.2 Å². The highest BCUT2D eigenvalue weighted by Crippen LogP contribution is 2.29. The molecule has 0 aromatic carbocycles. The minimum Gasteiger partial charge on any atom is -0.460 e. The van der Waals surface area contributed by atoms with Crippen LogP contribution in [0.3, 0.4) is 0 Å². The molecule has 25 heavy (non-hydrogen) atoms. The smallest absolute Gasteiger partial charge is 0.422 e. The summed E-state index contributed by atoms with van der Waals surface area (Å²) in [6.45, 7) is 3.98. The van der Waals surface area contributed by atoms with Crippen LogP contribution in [0, 0.1) is 0 Å². The molecule has 0 saturated heterocycles. The second-order valence-electron chi connectivity index (χ2n) is 6.72. The van der Waals surface area contributed by atoms with Crippen molar-refractivity contribution in [2.75, 3.05) is 26.2 Å². The van der Waals surface area contributed by atoms with Gasteiger partial charge in [-0.2, -0.15) is 13.2 Å². The first-order valence-corrected chi connectivity index (χ1v) is 10.2. The minimum atomic E-state index is -4.31. The number of hydrogen-bond donors (Lipinski definition) is 0. The quantitative estimate of drug-likeness (QED) is 0.521. The van der Waals surface area contributed by atoms with Gasteiger partial charge in [0.2, 0.25) is 0 Å². The first-order valence-electron chi connectivity index (χ1n) is 9.38. The Labute approximate surface area is 152 Å². The summed E-state index contributed by atoms with van der Waals surface area (Å²) < 4.78 is 41.4. The maximum Gasteiger partial charge on any atom is 0.422 e. The highest BCUT2D eigenvalue weighted by Gasteiger charge is 2.29. The van der Waals surface area contributed by atoms with Gasteiger partial charge in [0.25, 0.3) is 5.19 Å². The molecule has 3 nitrogen and oxygen atoms in total. The van der Waals surface area contributed by atoms with Crippen molar-refractivity contribution in [3.63, 3.8) is 0 Å². The Kier molecular flexibility index (Phi) is 8.49. The maximum absolute atomic E-state index is 12.2. The molecule has 0 bridgehead atoms.